The Kier molecular flexibility index (Phi) is 5.37. The number of carbonyl (C=O) groups excluding carboxylic acids is 1. The number of hydrogen-bond acceptors (Lipinski definition) is 3. The first-order chi connectivity index (χ1) is 13.9. The number of hydrogen-bond donors (Lipinski definition) is 1. The molecule has 2 aromatic carbocycles. The number of rotatable bonds is 4. The number of carbonyl (C=O) groups is 1. The van der Waals surface area contributed by atoms with Gasteiger partial charge in [-0.15, -0.1) is 11.3 Å². The molecular formula is C23H22F2N2OS. The maximum Gasteiger partial charge on any atom is 0.228 e. The van der Waals surface area contributed by atoms with Crippen molar-refractivity contribution in [3.8, 4) is 0 Å². The van der Waals surface area contributed by atoms with E-state index in [0.29, 0.717) is 5.56 Å². The standard InChI is InChI=1S/C23H22F2N2OS/c1-14-7-20(27-5-3-21-17(13-27)4-6-29-21)8-15(2)23(14)26-22(28)11-16-9-18(24)12-19(25)10-16/h4,6-10,12H,3,5,11,13H2,1-2H3,(H,26,28). The van der Waals surface area contributed by atoms with Crippen LogP contribution < -0.4 is 10.2 Å². The summed E-state index contributed by atoms with van der Waals surface area (Å²) in [6.07, 6.45) is 0.968. The summed E-state index contributed by atoms with van der Waals surface area (Å²) in [5, 5.41) is 5.05. The molecule has 0 spiro atoms. The third-order valence-electron chi connectivity index (χ3n) is 5.24. The van der Waals surface area contributed by atoms with Gasteiger partial charge in [-0.1, -0.05) is 0 Å². The highest BCUT2D eigenvalue weighted by Gasteiger charge is 2.19. The topological polar surface area (TPSA) is 32.3 Å². The largest absolute Gasteiger partial charge is 0.367 e. The van der Waals surface area contributed by atoms with Crippen molar-refractivity contribution in [1.82, 2.24) is 0 Å². The first-order valence-corrected chi connectivity index (χ1v) is 10.4. The van der Waals surface area contributed by atoms with Gasteiger partial charge >= 0.3 is 0 Å². The number of nitrogens with one attached hydrogen (secondary N) is 1. The van der Waals surface area contributed by atoms with Gasteiger partial charge in [-0.05, 0) is 78.2 Å². The highest BCUT2D eigenvalue weighted by Crippen LogP contribution is 2.32. The fraction of sp³-hybridized carbons (Fsp3) is 0.261. The fourth-order valence-electron chi connectivity index (χ4n) is 3.87. The fourth-order valence-corrected chi connectivity index (χ4v) is 4.76. The third kappa shape index (κ3) is 4.32. The molecule has 1 aliphatic rings. The molecule has 0 saturated heterocycles. The quantitative estimate of drug-likeness (QED) is 0.623. The molecule has 29 heavy (non-hydrogen) atoms. The third-order valence-corrected chi connectivity index (χ3v) is 6.26. The Labute approximate surface area is 173 Å². The molecule has 0 bridgehead atoms. The summed E-state index contributed by atoms with van der Waals surface area (Å²) in [6, 6.07) is 9.52. The van der Waals surface area contributed by atoms with Crippen LogP contribution in [0.2, 0.25) is 0 Å². The number of nitrogens with zero attached hydrogens (tertiary/aromatic N) is 1. The van der Waals surface area contributed by atoms with Gasteiger partial charge in [0.05, 0.1) is 6.42 Å². The first-order valence-electron chi connectivity index (χ1n) is 9.55. The maximum atomic E-state index is 13.4. The molecule has 0 fully saturated rings. The van der Waals surface area contributed by atoms with Gasteiger partial charge in [0.2, 0.25) is 5.91 Å². The molecule has 1 amide bonds. The van der Waals surface area contributed by atoms with E-state index in [1.807, 2.05) is 25.2 Å². The average molecular weight is 413 g/mol. The Hall–Kier alpha value is -2.73. The summed E-state index contributed by atoms with van der Waals surface area (Å²) in [4.78, 5) is 16.3. The number of aryl methyl sites for hydroxylation is 2. The van der Waals surface area contributed by atoms with Gasteiger partial charge in [0, 0.05) is 35.4 Å². The predicted molar refractivity (Wildman–Crippen MR) is 114 cm³/mol. The SMILES string of the molecule is Cc1cc(N2CCc3sccc3C2)cc(C)c1NC(=O)Cc1cc(F)cc(F)c1. The molecule has 0 radical (unpaired) electrons. The van der Waals surface area contributed by atoms with Crippen molar-refractivity contribution in [2.75, 3.05) is 16.8 Å². The lowest BCUT2D eigenvalue weighted by Crippen LogP contribution is -2.29. The number of anilines is 2. The van der Waals surface area contributed by atoms with Gasteiger partial charge < -0.3 is 10.2 Å². The van der Waals surface area contributed by atoms with Gasteiger partial charge in [0.15, 0.2) is 0 Å². The van der Waals surface area contributed by atoms with E-state index in [-0.39, 0.29) is 12.3 Å². The van der Waals surface area contributed by atoms with Crippen molar-refractivity contribution < 1.29 is 13.6 Å². The second-order valence-corrected chi connectivity index (χ2v) is 8.50. The minimum absolute atomic E-state index is 0.0810. The van der Waals surface area contributed by atoms with Crippen LogP contribution in [0, 0.1) is 25.5 Å². The Morgan fingerprint density at radius 3 is 2.48 bits per heavy atom. The molecule has 0 unspecified atom stereocenters. The maximum absolute atomic E-state index is 13.4. The molecule has 2 heterocycles. The Balaban J connectivity index is 1.49. The van der Waals surface area contributed by atoms with Gasteiger partial charge in [-0.25, -0.2) is 8.78 Å². The molecule has 150 valence electrons. The lowest BCUT2D eigenvalue weighted by atomic mass is 10.0. The zero-order chi connectivity index (χ0) is 20.5. The summed E-state index contributed by atoms with van der Waals surface area (Å²) in [5.41, 5.74) is 5.53. The monoisotopic (exact) mass is 412 g/mol. The van der Waals surface area contributed by atoms with Crippen molar-refractivity contribution >= 4 is 28.6 Å². The second kappa shape index (κ2) is 7.95. The Morgan fingerprint density at radius 1 is 1.10 bits per heavy atom. The summed E-state index contributed by atoms with van der Waals surface area (Å²) in [5.74, 6) is -1.66. The van der Waals surface area contributed by atoms with Crippen molar-refractivity contribution in [2.45, 2.75) is 33.2 Å². The zero-order valence-corrected chi connectivity index (χ0v) is 17.2. The van der Waals surface area contributed by atoms with Gasteiger partial charge in [-0.3, -0.25) is 4.79 Å². The smallest absolute Gasteiger partial charge is 0.228 e. The van der Waals surface area contributed by atoms with Crippen LogP contribution in [0.1, 0.15) is 27.1 Å². The molecule has 1 N–H and O–H groups in total. The van der Waals surface area contributed by atoms with Crippen LogP contribution in [0.4, 0.5) is 20.2 Å². The van der Waals surface area contributed by atoms with E-state index in [0.717, 1.165) is 48.1 Å². The Morgan fingerprint density at radius 2 is 1.79 bits per heavy atom. The summed E-state index contributed by atoms with van der Waals surface area (Å²) < 4.78 is 26.7. The number of amides is 1. The molecular weight excluding hydrogens is 390 g/mol. The van der Waals surface area contributed by atoms with Crippen molar-refractivity contribution in [3.05, 3.63) is 80.5 Å². The lowest BCUT2D eigenvalue weighted by Gasteiger charge is -2.30. The molecule has 0 aliphatic carbocycles. The van der Waals surface area contributed by atoms with E-state index >= 15 is 0 Å². The second-order valence-electron chi connectivity index (χ2n) is 7.50. The minimum atomic E-state index is -0.681. The number of fused-ring (bicyclic) bond motifs is 1. The molecule has 4 rings (SSSR count). The Bertz CT molecular complexity index is 1030. The van der Waals surface area contributed by atoms with E-state index in [2.05, 4.69) is 33.8 Å². The summed E-state index contributed by atoms with van der Waals surface area (Å²) in [6.45, 7) is 5.81. The van der Waals surface area contributed by atoms with E-state index in [1.54, 1.807) is 0 Å². The van der Waals surface area contributed by atoms with Gasteiger partial charge in [-0.2, -0.15) is 0 Å². The normalized spacial score (nSPS) is 13.3. The van der Waals surface area contributed by atoms with Crippen molar-refractivity contribution in [2.24, 2.45) is 0 Å². The van der Waals surface area contributed by atoms with Gasteiger partial charge in [0.25, 0.3) is 0 Å². The van der Waals surface area contributed by atoms with Crippen LogP contribution in [0.5, 0.6) is 0 Å². The van der Waals surface area contributed by atoms with E-state index < -0.39 is 11.6 Å². The first kappa shape index (κ1) is 19.6. The molecule has 1 aliphatic heterocycles. The zero-order valence-electron chi connectivity index (χ0n) is 16.4. The molecule has 3 aromatic rings. The molecule has 0 atom stereocenters. The molecule has 0 saturated carbocycles. The predicted octanol–water partition coefficient (Wildman–Crippen LogP) is 5.39. The number of thiophene rings is 1. The van der Waals surface area contributed by atoms with Crippen molar-refractivity contribution in [3.63, 3.8) is 0 Å². The highest BCUT2D eigenvalue weighted by molar-refractivity contribution is 7.10. The van der Waals surface area contributed by atoms with Crippen LogP contribution in [0.25, 0.3) is 0 Å². The van der Waals surface area contributed by atoms with Crippen molar-refractivity contribution in [1.29, 1.82) is 0 Å². The molecule has 6 heteroatoms. The van der Waals surface area contributed by atoms with Crippen LogP contribution in [0.15, 0.2) is 41.8 Å². The van der Waals surface area contributed by atoms with Gasteiger partial charge in [0.1, 0.15) is 11.6 Å². The van der Waals surface area contributed by atoms with Crippen LogP contribution in [-0.2, 0) is 24.2 Å². The van der Waals surface area contributed by atoms with E-state index in [9.17, 15) is 13.6 Å². The average Bonchev–Trinajstić information content (AvgIpc) is 3.11. The highest BCUT2D eigenvalue weighted by atomic mass is 32.1. The molecule has 3 nitrogen and oxygen atoms in total. The number of benzene rings is 2. The minimum Gasteiger partial charge on any atom is -0.367 e. The summed E-state index contributed by atoms with van der Waals surface area (Å²) in [7, 11) is 0. The lowest BCUT2D eigenvalue weighted by molar-refractivity contribution is -0.115. The summed E-state index contributed by atoms with van der Waals surface area (Å²) >= 11 is 1.82. The van der Waals surface area contributed by atoms with Crippen LogP contribution >= 0.6 is 11.3 Å². The number of halogens is 2. The van der Waals surface area contributed by atoms with Crippen LogP contribution in [0.3, 0.4) is 0 Å². The van der Waals surface area contributed by atoms with E-state index in [4.69, 9.17) is 0 Å². The molecule has 1 aromatic heterocycles. The van der Waals surface area contributed by atoms with Crippen LogP contribution in [-0.4, -0.2) is 12.5 Å². The van der Waals surface area contributed by atoms with E-state index in [1.165, 1.54) is 22.6 Å².